The zero-order valence-electron chi connectivity index (χ0n) is 18.0. The van der Waals surface area contributed by atoms with Crippen molar-refractivity contribution in [2.75, 3.05) is 26.2 Å². The maximum absolute atomic E-state index is 11.7. The summed E-state index contributed by atoms with van der Waals surface area (Å²) in [4.78, 5) is 31.9. The number of halogens is 1. The Balaban J connectivity index is 0.00000272. The van der Waals surface area contributed by atoms with Gasteiger partial charge in [0.25, 0.3) is 0 Å². The Labute approximate surface area is 201 Å². The summed E-state index contributed by atoms with van der Waals surface area (Å²) in [6.45, 7) is 4.64. The second-order valence-corrected chi connectivity index (χ2v) is 8.32. The number of piperidine rings is 1. The van der Waals surface area contributed by atoms with E-state index in [0.717, 1.165) is 31.9 Å². The van der Waals surface area contributed by atoms with E-state index in [4.69, 9.17) is 0 Å². The van der Waals surface area contributed by atoms with Gasteiger partial charge in [0.15, 0.2) is 5.96 Å². The molecule has 3 amide bonds. The molecule has 1 aromatic carbocycles. The summed E-state index contributed by atoms with van der Waals surface area (Å²) in [5, 5.41) is 9.44. The standard InChI is InChI=1S/C22H32N6O2.HI/c1-2-23-21(24-10-11-27-20(29)14-25-22(27)30)26-17-12-18-8-9-19(13-17)28(18)15-16-6-4-3-5-7-16;/h3-7,17-19H,2,8-15H2,1H3,(H,25,30)(H2,23,24,26);1H. The Morgan fingerprint density at radius 3 is 2.48 bits per heavy atom. The second-order valence-electron chi connectivity index (χ2n) is 8.32. The molecule has 0 aliphatic carbocycles. The molecular weight excluding hydrogens is 507 g/mol. The van der Waals surface area contributed by atoms with E-state index in [2.05, 4.69) is 56.2 Å². The van der Waals surface area contributed by atoms with E-state index >= 15 is 0 Å². The molecule has 170 valence electrons. The third-order valence-electron chi connectivity index (χ3n) is 6.31. The summed E-state index contributed by atoms with van der Waals surface area (Å²) < 4.78 is 0. The van der Waals surface area contributed by atoms with Crippen LogP contribution in [0.1, 0.15) is 38.2 Å². The summed E-state index contributed by atoms with van der Waals surface area (Å²) >= 11 is 0. The molecule has 2 bridgehead atoms. The highest BCUT2D eigenvalue weighted by molar-refractivity contribution is 14.0. The molecule has 8 nitrogen and oxygen atoms in total. The normalized spacial score (nSPS) is 25.9. The molecule has 3 heterocycles. The minimum atomic E-state index is -0.324. The summed E-state index contributed by atoms with van der Waals surface area (Å²) in [7, 11) is 0. The van der Waals surface area contributed by atoms with Gasteiger partial charge < -0.3 is 16.0 Å². The van der Waals surface area contributed by atoms with Crippen LogP contribution in [0.15, 0.2) is 35.3 Å². The SMILES string of the molecule is CCNC(=NCCN1C(=O)CNC1=O)NC1CC2CCC(C1)N2Cc1ccccc1.I. The Hall–Kier alpha value is -1.88. The molecule has 3 fully saturated rings. The van der Waals surface area contributed by atoms with Gasteiger partial charge in [-0.1, -0.05) is 30.3 Å². The van der Waals surface area contributed by atoms with Gasteiger partial charge in [0.1, 0.15) is 0 Å². The molecule has 31 heavy (non-hydrogen) atoms. The Morgan fingerprint density at radius 1 is 1.16 bits per heavy atom. The van der Waals surface area contributed by atoms with Crippen molar-refractivity contribution in [3.05, 3.63) is 35.9 Å². The van der Waals surface area contributed by atoms with Crippen LogP contribution in [-0.4, -0.2) is 72.0 Å². The average molecular weight is 540 g/mol. The number of guanidine groups is 1. The number of nitrogens with zero attached hydrogens (tertiary/aromatic N) is 3. The summed E-state index contributed by atoms with van der Waals surface area (Å²) in [6.07, 6.45) is 4.74. The maximum Gasteiger partial charge on any atom is 0.324 e. The minimum absolute atomic E-state index is 0. The van der Waals surface area contributed by atoms with Crippen molar-refractivity contribution in [2.24, 2.45) is 4.99 Å². The fraction of sp³-hybridized carbons (Fsp3) is 0.591. The van der Waals surface area contributed by atoms with E-state index in [1.54, 1.807) is 0 Å². The monoisotopic (exact) mass is 540 g/mol. The molecule has 0 aromatic heterocycles. The van der Waals surface area contributed by atoms with E-state index in [0.29, 0.717) is 31.2 Å². The summed E-state index contributed by atoms with van der Waals surface area (Å²) in [5.74, 6) is 0.584. The first-order valence-corrected chi connectivity index (χ1v) is 11.1. The Kier molecular flexibility index (Phi) is 8.53. The Bertz CT molecular complexity index is 759. The number of aliphatic imine (C=N–C) groups is 1. The van der Waals surface area contributed by atoms with Crippen LogP contribution >= 0.6 is 24.0 Å². The third kappa shape index (κ3) is 5.88. The van der Waals surface area contributed by atoms with Gasteiger partial charge in [-0.05, 0) is 38.2 Å². The van der Waals surface area contributed by atoms with Gasteiger partial charge in [0, 0.05) is 31.2 Å². The van der Waals surface area contributed by atoms with Crippen molar-refractivity contribution in [3.63, 3.8) is 0 Å². The predicted molar refractivity (Wildman–Crippen MR) is 131 cm³/mol. The van der Waals surface area contributed by atoms with Crippen LogP contribution in [0.25, 0.3) is 0 Å². The molecule has 2 unspecified atom stereocenters. The first-order chi connectivity index (χ1) is 14.6. The van der Waals surface area contributed by atoms with Gasteiger partial charge in [0.05, 0.1) is 19.6 Å². The van der Waals surface area contributed by atoms with E-state index in [9.17, 15) is 9.59 Å². The summed E-state index contributed by atoms with van der Waals surface area (Å²) in [5.41, 5.74) is 1.39. The van der Waals surface area contributed by atoms with Crippen LogP contribution in [0.5, 0.6) is 0 Å². The zero-order chi connectivity index (χ0) is 20.9. The van der Waals surface area contributed by atoms with Crippen LogP contribution in [0.2, 0.25) is 0 Å². The third-order valence-corrected chi connectivity index (χ3v) is 6.31. The number of amides is 3. The number of imide groups is 1. The van der Waals surface area contributed by atoms with E-state index < -0.39 is 0 Å². The molecule has 4 rings (SSSR count). The first-order valence-electron chi connectivity index (χ1n) is 11.1. The lowest BCUT2D eigenvalue weighted by Crippen LogP contribution is -2.52. The molecule has 0 radical (unpaired) electrons. The van der Waals surface area contributed by atoms with Gasteiger partial charge in [-0.2, -0.15) is 0 Å². The van der Waals surface area contributed by atoms with Crippen molar-refractivity contribution in [1.29, 1.82) is 0 Å². The molecular formula is C22H33IN6O2. The largest absolute Gasteiger partial charge is 0.357 e. The molecule has 3 aliphatic rings. The molecule has 9 heteroatoms. The van der Waals surface area contributed by atoms with Crippen molar-refractivity contribution < 1.29 is 9.59 Å². The van der Waals surface area contributed by atoms with Gasteiger partial charge >= 0.3 is 6.03 Å². The molecule has 0 saturated carbocycles. The maximum atomic E-state index is 11.7. The van der Waals surface area contributed by atoms with Gasteiger partial charge in [-0.15, -0.1) is 24.0 Å². The number of rotatable bonds is 7. The number of benzene rings is 1. The lowest BCUT2D eigenvalue weighted by molar-refractivity contribution is -0.124. The minimum Gasteiger partial charge on any atom is -0.357 e. The van der Waals surface area contributed by atoms with Crippen LogP contribution < -0.4 is 16.0 Å². The van der Waals surface area contributed by atoms with Crippen molar-refractivity contribution in [1.82, 2.24) is 25.8 Å². The smallest absolute Gasteiger partial charge is 0.324 e. The average Bonchev–Trinajstić information content (AvgIpc) is 3.17. The van der Waals surface area contributed by atoms with E-state index in [-0.39, 0.29) is 42.5 Å². The zero-order valence-corrected chi connectivity index (χ0v) is 20.4. The lowest BCUT2D eigenvalue weighted by Gasteiger charge is -2.39. The highest BCUT2D eigenvalue weighted by Crippen LogP contribution is 2.36. The number of hydrogen-bond acceptors (Lipinski definition) is 4. The number of carbonyl (C=O) groups excluding carboxylic acids is 2. The second kappa shape index (κ2) is 11.1. The molecule has 3 saturated heterocycles. The number of urea groups is 1. The first kappa shape index (κ1) is 23.8. The van der Waals surface area contributed by atoms with Gasteiger partial charge in [-0.3, -0.25) is 19.6 Å². The lowest BCUT2D eigenvalue weighted by atomic mass is 9.96. The molecule has 1 aromatic rings. The predicted octanol–water partition coefficient (Wildman–Crippen LogP) is 1.91. The number of fused-ring (bicyclic) bond motifs is 2. The van der Waals surface area contributed by atoms with Gasteiger partial charge in [-0.25, -0.2) is 4.79 Å². The van der Waals surface area contributed by atoms with Crippen LogP contribution in [0.3, 0.4) is 0 Å². The quantitative estimate of drug-likeness (QED) is 0.213. The van der Waals surface area contributed by atoms with E-state index in [1.165, 1.54) is 23.3 Å². The van der Waals surface area contributed by atoms with Crippen LogP contribution in [0.4, 0.5) is 4.79 Å². The van der Waals surface area contributed by atoms with Crippen LogP contribution in [0, 0.1) is 0 Å². The molecule has 2 atom stereocenters. The van der Waals surface area contributed by atoms with Crippen molar-refractivity contribution in [2.45, 2.75) is 57.3 Å². The highest BCUT2D eigenvalue weighted by Gasteiger charge is 2.40. The summed E-state index contributed by atoms with van der Waals surface area (Å²) in [6, 6.07) is 12.0. The fourth-order valence-corrected chi connectivity index (χ4v) is 4.90. The fourth-order valence-electron chi connectivity index (χ4n) is 4.90. The highest BCUT2D eigenvalue weighted by atomic mass is 127. The molecule has 0 spiro atoms. The van der Waals surface area contributed by atoms with Gasteiger partial charge in [0.2, 0.25) is 5.91 Å². The van der Waals surface area contributed by atoms with Crippen molar-refractivity contribution >= 4 is 41.9 Å². The van der Waals surface area contributed by atoms with E-state index in [1.807, 2.05) is 6.92 Å². The Morgan fingerprint density at radius 2 is 1.87 bits per heavy atom. The number of carbonyl (C=O) groups is 2. The van der Waals surface area contributed by atoms with Crippen LogP contribution in [-0.2, 0) is 11.3 Å². The topological polar surface area (TPSA) is 89.1 Å². The number of nitrogens with one attached hydrogen (secondary N) is 3. The molecule has 3 aliphatic heterocycles. The van der Waals surface area contributed by atoms with Crippen molar-refractivity contribution in [3.8, 4) is 0 Å². The molecule has 3 N–H and O–H groups in total. The number of hydrogen-bond donors (Lipinski definition) is 3.